The number of carbonyl (C=O) groups is 1. The van der Waals surface area contributed by atoms with Crippen LogP contribution >= 0.6 is 54.8 Å². The van der Waals surface area contributed by atoms with Crippen LogP contribution in [0.5, 0.6) is 0 Å². The van der Waals surface area contributed by atoms with Crippen LogP contribution < -0.4 is 5.32 Å². The first kappa shape index (κ1) is 14.8. The first-order chi connectivity index (χ1) is 8.56. The second-order valence-corrected chi connectivity index (χ2v) is 8.78. The first-order valence-electron chi connectivity index (χ1n) is 5.85. The van der Waals surface area contributed by atoms with Gasteiger partial charge < -0.3 is 5.32 Å². The molecule has 18 heavy (non-hydrogen) atoms. The van der Waals surface area contributed by atoms with Crippen LogP contribution in [-0.2, 0) is 0 Å². The van der Waals surface area contributed by atoms with Gasteiger partial charge in [-0.05, 0) is 50.8 Å². The fourth-order valence-corrected chi connectivity index (χ4v) is 5.50. The summed E-state index contributed by atoms with van der Waals surface area (Å²) in [5, 5.41) is 3.02. The Kier molecular flexibility index (Phi) is 5.14. The van der Waals surface area contributed by atoms with Gasteiger partial charge in [0.1, 0.15) is 0 Å². The summed E-state index contributed by atoms with van der Waals surface area (Å²) in [6.45, 7) is 0.676. The molecule has 1 aliphatic rings. The summed E-state index contributed by atoms with van der Waals surface area (Å²) in [4.78, 5) is 12.1. The molecular weight excluding hydrogens is 401 g/mol. The number of halogens is 3. The smallest absolute Gasteiger partial charge is 0.253 e. The average Bonchev–Trinajstić information content (AvgIpc) is 2.94. The molecule has 0 spiro atoms. The fraction of sp³-hybridized carbons (Fsp3) is 0.583. The van der Waals surface area contributed by atoms with E-state index >= 15 is 0 Å². The molecule has 6 heteroatoms. The van der Waals surface area contributed by atoms with Crippen LogP contribution in [0.4, 0.5) is 0 Å². The van der Waals surface area contributed by atoms with Gasteiger partial charge in [-0.15, -0.1) is 22.9 Å². The summed E-state index contributed by atoms with van der Waals surface area (Å²) in [5.41, 5.74) is 0.798. The Balaban J connectivity index is 1.98. The highest BCUT2D eigenvalue weighted by molar-refractivity contribution is 9.12. The summed E-state index contributed by atoms with van der Waals surface area (Å²) in [7, 11) is 0. The zero-order valence-corrected chi connectivity index (χ0v) is 14.5. The van der Waals surface area contributed by atoms with Gasteiger partial charge in [0, 0.05) is 17.8 Å². The van der Waals surface area contributed by atoms with Crippen molar-refractivity contribution >= 4 is 60.7 Å². The van der Waals surface area contributed by atoms with E-state index in [1.54, 1.807) is 0 Å². The molecule has 0 unspecified atom stereocenters. The van der Waals surface area contributed by atoms with Crippen molar-refractivity contribution in [1.29, 1.82) is 0 Å². The highest BCUT2D eigenvalue weighted by atomic mass is 79.9. The molecule has 1 saturated carbocycles. The zero-order chi connectivity index (χ0) is 13.2. The van der Waals surface area contributed by atoms with E-state index in [-0.39, 0.29) is 11.3 Å². The molecule has 1 amide bonds. The maximum Gasteiger partial charge on any atom is 0.253 e. The molecular formula is C12H14Br2ClNOS. The summed E-state index contributed by atoms with van der Waals surface area (Å²) >= 11 is 14.4. The minimum absolute atomic E-state index is 0.0276. The molecule has 1 aromatic rings. The van der Waals surface area contributed by atoms with Crippen LogP contribution in [0, 0.1) is 5.41 Å². The van der Waals surface area contributed by atoms with Crippen LogP contribution in [0.1, 0.15) is 36.0 Å². The van der Waals surface area contributed by atoms with E-state index in [0.29, 0.717) is 18.0 Å². The van der Waals surface area contributed by atoms with Crippen molar-refractivity contribution in [1.82, 2.24) is 5.32 Å². The zero-order valence-electron chi connectivity index (χ0n) is 9.77. The maximum atomic E-state index is 12.1. The van der Waals surface area contributed by atoms with Crippen molar-refractivity contribution in [3.8, 4) is 0 Å². The molecule has 0 saturated heterocycles. The number of alkyl halides is 1. The van der Waals surface area contributed by atoms with Crippen LogP contribution in [0.25, 0.3) is 0 Å². The van der Waals surface area contributed by atoms with Crippen LogP contribution in [0.3, 0.4) is 0 Å². The van der Waals surface area contributed by atoms with E-state index in [4.69, 9.17) is 11.6 Å². The van der Waals surface area contributed by atoms with E-state index in [1.165, 1.54) is 24.2 Å². The van der Waals surface area contributed by atoms with Crippen molar-refractivity contribution in [2.24, 2.45) is 5.41 Å². The van der Waals surface area contributed by atoms with Gasteiger partial charge in [-0.1, -0.05) is 12.8 Å². The van der Waals surface area contributed by atoms with E-state index < -0.39 is 0 Å². The first-order valence-corrected chi connectivity index (χ1v) is 8.79. The SMILES string of the molecule is O=C(NCC1(CCl)CCCC1)c1cc(Br)sc1Br. The quantitative estimate of drug-likeness (QED) is 0.703. The molecule has 1 aliphatic carbocycles. The number of amides is 1. The monoisotopic (exact) mass is 413 g/mol. The summed E-state index contributed by atoms with van der Waals surface area (Å²) in [6.07, 6.45) is 4.67. The molecule has 0 atom stereocenters. The molecule has 2 nitrogen and oxygen atoms in total. The number of thiophene rings is 1. The van der Waals surface area contributed by atoms with Crippen molar-refractivity contribution in [3.05, 3.63) is 19.2 Å². The maximum absolute atomic E-state index is 12.1. The molecule has 1 aromatic heterocycles. The Bertz CT molecular complexity index is 443. The van der Waals surface area contributed by atoms with E-state index in [9.17, 15) is 4.79 Å². The summed E-state index contributed by atoms with van der Waals surface area (Å²) < 4.78 is 1.81. The molecule has 100 valence electrons. The third-order valence-corrected chi connectivity index (χ3v) is 6.38. The van der Waals surface area contributed by atoms with Gasteiger partial charge in [0.15, 0.2) is 0 Å². The minimum Gasteiger partial charge on any atom is -0.351 e. The van der Waals surface area contributed by atoms with Gasteiger partial charge >= 0.3 is 0 Å². The Morgan fingerprint density at radius 3 is 2.61 bits per heavy atom. The molecule has 1 fully saturated rings. The van der Waals surface area contributed by atoms with E-state index in [1.807, 2.05) is 6.07 Å². The fourth-order valence-electron chi connectivity index (χ4n) is 2.34. The highest BCUT2D eigenvalue weighted by Crippen LogP contribution is 2.38. The highest BCUT2D eigenvalue weighted by Gasteiger charge is 2.33. The van der Waals surface area contributed by atoms with Gasteiger partial charge in [-0.3, -0.25) is 4.79 Å². The van der Waals surface area contributed by atoms with Crippen LogP contribution in [0.15, 0.2) is 13.6 Å². The molecule has 1 N–H and O–H groups in total. The lowest BCUT2D eigenvalue weighted by atomic mass is 9.88. The molecule has 0 aliphatic heterocycles. The van der Waals surface area contributed by atoms with Crippen molar-refractivity contribution < 1.29 is 4.79 Å². The second-order valence-electron chi connectivity index (χ2n) is 4.76. The molecule has 2 rings (SSSR count). The molecule has 0 bridgehead atoms. The number of hydrogen-bond donors (Lipinski definition) is 1. The lowest BCUT2D eigenvalue weighted by molar-refractivity contribution is 0.0935. The predicted molar refractivity (Wildman–Crippen MR) is 83.7 cm³/mol. The summed E-state index contributed by atoms with van der Waals surface area (Å²) in [5.74, 6) is 0.599. The van der Waals surface area contributed by atoms with Crippen LogP contribution in [-0.4, -0.2) is 18.3 Å². The number of carbonyl (C=O) groups excluding carboxylic acids is 1. The molecule has 0 aromatic carbocycles. The number of rotatable bonds is 4. The third-order valence-electron chi connectivity index (χ3n) is 3.47. The normalized spacial score (nSPS) is 17.9. The Morgan fingerprint density at radius 2 is 2.11 bits per heavy atom. The van der Waals surface area contributed by atoms with Crippen molar-refractivity contribution in [3.63, 3.8) is 0 Å². The Hall–Kier alpha value is 0.420. The van der Waals surface area contributed by atoms with Crippen molar-refractivity contribution in [2.45, 2.75) is 25.7 Å². The Labute approximate surface area is 133 Å². The number of nitrogens with one attached hydrogen (secondary N) is 1. The lowest BCUT2D eigenvalue weighted by Gasteiger charge is -2.26. The van der Waals surface area contributed by atoms with Crippen LogP contribution in [0.2, 0.25) is 0 Å². The third kappa shape index (κ3) is 3.30. The second kappa shape index (κ2) is 6.25. The van der Waals surface area contributed by atoms with Gasteiger partial charge in [-0.25, -0.2) is 0 Å². The lowest BCUT2D eigenvalue weighted by Crippen LogP contribution is -2.37. The van der Waals surface area contributed by atoms with E-state index in [0.717, 1.165) is 20.4 Å². The van der Waals surface area contributed by atoms with E-state index in [2.05, 4.69) is 37.2 Å². The number of hydrogen-bond acceptors (Lipinski definition) is 2. The standard InChI is InChI=1S/C12H14Br2ClNOS/c13-9-5-8(10(14)18-9)11(17)16-7-12(6-15)3-1-2-4-12/h5H,1-4,6-7H2,(H,16,17). The predicted octanol–water partition coefficient (Wildman–Crippen LogP) is 4.80. The summed E-state index contributed by atoms with van der Waals surface area (Å²) in [6, 6.07) is 1.84. The largest absolute Gasteiger partial charge is 0.351 e. The van der Waals surface area contributed by atoms with Gasteiger partial charge in [0.05, 0.1) is 13.1 Å². The van der Waals surface area contributed by atoms with Gasteiger partial charge in [-0.2, -0.15) is 0 Å². The topological polar surface area (TPSA) is 29.1 Å². The Morgan fingerprint density at radius 1 is 1.44 bits per heavy atom. The average molecular weight is 416 g/mol. The minimum atomic E-state index is -0.0276. The van der Waals surface area contributed by atoms with Crippen molar-refractivity contribution in [2.75, 3.05) is 12.4 Å². The van der Waals surface area contributed by atoms with Gasteiger partial charge in [0.2, 0.25) is 0 Å². The van der Waals surface area contributed by atoms with Gasteiger partial charge in [0.25, 0.3) is 5.91 Å². The molecule has 1 heterocycles. The molecule has 0 radical (unpaired) electrons.